The molecule has 0 bridgehead atoms. The molecule has 1 aliphatic heterocycles. The lowest BCUT2D eigenvalue weighted by Gasteiger charge is -2.30. The highest BCUT2D eigenvalue weighted by atomic mass is 16.4. The molecular formula is C17H21N3O2. The number of benzene rings is 1. The zero-order valence-electron chi connectivity index (χ0n) is 12.9. The number of Topliss-reactive ketones (excluding diaryl/α,β-unsaturated/α-hetero) is 1. The monoisotopic (exact) mass is 299 g/mol. The van der Waals surface area contributed by atoms with Crippen LogP contribution in [0.4, 0.5) is 0 Å². The van der Waals surface area contributed by atoms with Gasteiger partial charge in [0.15, 0.2) is 5.78 Å². The van der Waals surface area contributed by atoms with Crippen LogP contribution in [0.15, 0.2) is 34.7 Å². The largest absolute Gasteiger partial charge is 0.424 e. The molecule has 0 aliphatic carbocycles. The third-order valence-electron chi connectivity index (χ3n) is 4.19. The second-order valence-electron chi connectivity index (χ2n) is 5.72. The van der Waals surface area contributed by atoms with Gasteiger partial charge in [0.05, 0.1) is 6.54 Å². The van der Waals surface area contributed by atoms with Gasteiger partial charge >= 0.3 is 0 Å². The zero-order chi connectivity index (χ0) is 15.4. The lowest BCUT2D eigenvalue weighted by molar-refractivity contribution is 0.0827. The van der Waals surface area contributed by atoms with Crippen LogP contribution >= 0.6 is 0 Å². The van der Waals surface area contributed by atoms with Gasteiger partial charge in [-0.15, -0.1) is 10.2 Å². The Hall–Kier alpha value is -2.01. The number of aryl methyl sites for hydroxylation is 1. The van der Waals surface area contributed by atoms with E-state index in [1.807, 2.05) is 37.3 Å². The van der Waals surface area contributed by atoms with E-state index in [0.29, 0.717) is 18.3 Å². The van der Waals surface area contributed by atoms with Crippen LogP contribution in [0.3, 0.4) is 0 Å². The van der Waals surface area contributed by atoms with Crippen molar-refractivity contribution in [2.45, 2.75) is 32.7 Å². The molecule has 5 nitrogen and oxygen atoms in total. The van der Waals surface area contributed by atoms with Crippen LogP contribution in [0.5, 0.6) is 0 Å². The predicted octanol–water partition coefficient (Wildman–Crippen LogP) is 2.73. The van der Waals surface area contributed by atoms with Crippen LogP contribution in [0.25, 0.3) is 0 Å². The summed E-state index contributed by atoms with van der Waals surface area (Å²) in [4.78, 5) is 14.7. The number of carbonyl (C=O) groups excluding carboxylic acids is 1. The van der Waals surface area contributed by atoms with Crippen LogP contribution in [-0.4, -0.2) is 34.0 Å². The Morgan fingerprint density at radius 2 is 1.86 bits per heavy atom. The van der Waals surface area contributed by atoms with Gasteiger partial charge in [0, 0.05) is 17.9 Å². The lowest BCUT2D eigenvalue weighted by atomic mass is 9.89. The van der Waals surface area contributed by atoms with Gasteiger partial charge in [-0.3, -0.25) is 9.69 Å². The molecule has 1 saturated heterocycles. The van der Waals surface area contributed by atoms with Gasteiger partial charge in [-0.25, -0.2) is 0 Å². The molecule has 3 rings (SSSR count). The minimum Gasteiger partial charge on any atom is -0.424 e. The summed E-state index contributed by atoms with van der Waals surface area (Å²) in [6, 6.07) is 9.58. The average Bonchev–Trinajstić information content (AvgIpc) is 3.03. The second kappa shape index (κ2) is 6.83. The lowest BCUT2D eigenvalue weighted by Crippen LogP contribution is -2.36. The Bertz CT molecular complexity index is 616. The molecule has 1 aromatic heterocycles. The van der Waals surface area contributed by atoms with Crippen molar-refractivity contribution >= 4 is 5.78 Å². The minimum atomic E-state index is 0.132. The maximum absolute atomic E-state index is 12.4. The van der Waals surface area contributed by atoms with Crippen LogP contribution in [0.1, 0.15) is 41.9 Å². The summed E-state index contributed by atoms with van der Waals surface area (Å²) in [6.45, 7) is 4.47. The van der Waals surface area contributed by atoms with E-state index >= 15 is 0 Å². The zero-order valence-corrected chi connectivity index (χ0v) is 12.9. The first-order valence-electron chi connectivity index (χ1n) is 7.89. The van der Waals surface area contributed by atoms with Crippen molar-refractivity contribution in [3.05, 3.63) is 47.7 Å². The number of nitrogens with zero attached hydrogens (tertiary/aromatic N) is 3. The van der Waals surface area contributed by atoms with E-state index in [1.165, 1.54) is 0 Å². The number of rotatable bonds is 5. The standard InChI is InChI=1S/C17H21N3O2/c1-2-15-18-19-16(22-15)12-20-10-8-14(9-11-20)17(21)13-6-4-3-5-7-13/h3-7,14H,2,8-12H2,1H3. The van der Waals surface area contributed by atoms with Gasteiger partial charge in [-0.2, -0.15) is 0 Å². The van der Waals surface area contributed by atoms with Crippen LogP contribution in [0, 0.1) is 5.92 Å². The first-order valence-corrected chi connectivity index (χ1v) is 7.89. The summed E-state index contributed by atoms with van der Waals surface area (Å²) in [5.74, 6) is 1.76. The minimum absolute atomic E-state index is 0.132. The summed E-state index contributed by atoms with van der Waals surface area (Å²) < 4.78 is 5.55. The highest BCUT2D eigenvalue weighted by Crippen LogP contribution is 2.22. The Balaban J connectivity index is 1.53. The van der Waals surface area contributed by atoms with Crippen molar-refractivity contribution in [2.75, 3.05) is 13.1 Å². The molecule has 116 valence electrons. The molecule has 0 amide bonds. The summed E-state index contributed by atoms with van der Waals surface area (Å²) >= 11 is 0. The molecule has 1 aliphatic rings. The van der Waals surface area contributed by atoms with Crippen molar-refractivity contribution in [2.24, 2.45) is 5.92 Å². The normalized spacial score (nSPS) is 16.8. The van der Waals surface area contributed by atoms with Crippen molar-refractivity contribution in [1.29, 1.82) is 0 Å². The van der Waals surface area contributed by atoms with Gasteiger partial charge in [0.25, 0.3) is 0 Å². The molecule has 1 fully saturated rings. The van der Waals surface area contributed by atoms with E-state index in [4.69, 9.17) is 4.42 Å². The summed E-state index contributed by atoms with van der Waals surface area (Å²) in [5.41, 5.74) is 0.824. The smallest absolute Gasteiger partial charge is 0.230 e. The number of aromatic nitrogens is 2. The fourth-order valence-corrected chi connectivity index (χ4v) is 2.88. The van der Waals surface area contributed by atoms with E-state index in [-0.39, 0.29) is 11.7 Å². The number of hydrogen-bond donors (Lipinski definition) is 0. The summed E-state index contributed by atoms with van der Waals surface area (Å²) in [6.07, 6.45) is 2.55. The molecule has 0 atom stereocenters. The SMILES string of the molecule is CCc1nnc(CN2CCC(C(=O)c3ccccc3)CC2)o1. The fraction of sp³-hybridized carbons (Fsp3) is 0.471. The van der Waals surface area contributed by atoms with E-state index in [9.17, 15) is 4.79 Å². The summed E-state index contributed by atoms with van der Waals surface area (Å²) in [7, 11) is 0. The van der Waals surface area contributed by atoms with E-state index < -0.39 is 0 Å². The van der Waals surface area contributed by atoms with Gasteiger partial charge in [-0.1, -0.05) is 37.3 Å². The number of piperidine rings is 1. The van der Waals surface area contributed by atoms with Crippen LogP contribution in [0.2, 0.25) is 0 Å². The van der Waals surface area contributed by atoms with Crippen LogP contribution < -0.4 is 0 Å². The topological polar surface area (TPSA) is 59.2 Å². The van der Waals surface area contributed by atoms with Crippen molar-refractivity contribution in [1.82, 2.24) is 15.1 Å². The number of likely N-dealkylation sites (tertiary alicyclic amines) is 1. The molecular weight excluding hydrogens is 278 g/mol. The maximum Gasteiger partial charge on any atom is 0.230 e. The highest BCUT2D eigenvalue weighted by Gasteiger charge is 2.26. The Morgan fingerprint density at radius 3 is 2.50 bits per heavy atom. The first-order chi connectivity index (χ1) is 10.8. The molecule has 0 saturated carbocycles. The Kier molecular flexibility index (Phi) is 4.63. The van der Waals surface area contributed by atoms with E-state index in [0.717, 1.165) is 37.9 Å². The van der Waals surface area contributed by atoms with Crippen molar-refractivity contribution in [3.8, 4) is 0 Å². The molecule has 2 heterocycles. The molecule has 0 radical (unpaired) electrons. The van der Waals surface area contributed by atoms with Gasteiger partial charge in [-0.05, 0) is 25.9 Å². The molecule has 2 aromatic rings. The van der Waals surface area contributed by atoms with E-state index in [1.54, 1.807) is 0 Å². The van der Waals surface area contributed by atoms with Gasteiger partial charge < -0.3 is 4.42 Å². The number of ketones is 1. The van der Waals surface area contributed by atoms with Gasteiger partial charge in [0.1, 0.15) is 0 Å². The first kappa shape index (κ1) is 14.9. The molecule has 22 heavy (non-hydrogen) atoms. The highest BCUT2D eigenvalue weighted by molar-refractivity contribution is 5.97. The second-order valence-corrected chi connectivity index (χ2v) is 5.72. The predicted molar refractivity (Wildman–Crippen MR) is 82.4 cm³/mol. The molecule has 0 unspecified atom stereocenters. The molecule has 0 spiro atoms. The summed E-state index contributed by atoms with van der Waals surface area (Å²) in [5, 5.41) is 8.04. The Morgan fingerprint density at radius 1 is 1.18 bits per heavy atom. The van der Waals surface area contributed by atoms with Crippen LogP contribution in [-0.2, 0) is 13.0 Å². The molecule has 5 heteroatoms. The maximum atomic E-state index is 12.4. The molecule has 0 N–H and O–H groups in total. The number of carbonyl (C=O) groups is 1. The average molecular weight is 299 g/mol. The molecule has 1 aromatic carbocycles. The third kappa shape index (κ3) is 3.42. The quantitative estimate of drug-likeness (QED) is 0.794. The van der Waals surface area contributed by atoms with Crippen molar-refractivity contribution < 1.29 is 9.21 Å². The van der Waals surface area contributed by atoms with Gasteiger partial charge in [0.2, 0.25) is 11.8 Å². The third-order valence-corrected chi connectivity index (χ3v) is 4.19. The van der Waals surface area contributed by atoms with Crippen molar-refractivity contribution in [3.63, 3.8) is 0 Å². The number of hydrogen-bond acceptors (Lipinski definition) is 5. The fourth-order valence-electron chi connectivity index (χ4n) is 2.88. The Labute approximate surface area is 130 Å². The van der Waals surface area contributed by atoms with E-state index in [2.05, 4.69) is 15.1 Å².